The topological polar surface area (TPSA) is 67.4 Å². The molecule has 5 nitrogen and oxygen atoms in total. The van der Waals surface area contributed by atoms with Crippen molar-refractivity contribution in [2.24, 2.45) is 0 Å². The summed E-state index contributed by atoms with van der Waals surface area (Å²) in [6, 6.07) is 6.61. The summed E-state index contributed by atoms with van der Waals surface area (Å²) in [6.45, 7) is 2.51. The summed E-state index contributed by atoms with van der Waals surface area (Å²) in [7, 11) is 1.63. The maximum Gasteiger partial charge on any atom is 0.253 e. The molecule has 134 valence electrons. The van der Waals surface area contributed by atoms with Gasteiger partial charge in [0.25, 0.3) is 5.91 Å². The van der Waals surface area contributed by atoms with Crippen LogP contribution in [0.2, 0.25) is 0 Å². The zero-order chi connectivity index (χ0) is 17.9. The number of halogens is 1. The second kappa shape index (κ2) is 11.5. The molecule has 0 radical (unpaired) electrons. The lowest BCUT2D eigenvalue weighted by Crippen LogP contribution is -2.49. The van der Waals surface area contributed by atoms with E-state index in [0.29, 0.717) is 23.1 Å². The summed E-state index contributed by atoms with van der Waals surface area (Å²) in [5, 5.41) is 5.79. The van der Waals surface area contributed by atoms with E-state index >= 15 is 0 Å². The molecule has 1 rings (SSSR count). The summed E-state index contributed by atoms with van der Waals surface area (Å²) in [5.41, 5.74) is 0.520. The first-order valence-electron chi connectivity index (χ1n) is 7.83. The van der Waals surface area contributed by atoms with E-state index in [4.69, 9.17) is 4.74 Å². The molecule has 0 saturated heterocycles. The van der Waals surface area contributed by atoms with E-state index in [1.54, 1.807) is 37.1 Å². The van der Waals surface area contributed by atoms with Gasteiger partial charge in [0.15, 0.2) is 0 Å². The molecule has 0 heterocycles. The molecule has 0 aromatic heterocycles. The Hall–Kier alpha value is -1.05. The molecule has 2 amide bonds. The quantitative estimate of drug-likeness (QED) is 0.615. The van der Waals surface area contributed by atoms with E-state index in [0.717, 1.165) is 12.2 Å². The van der Waals surface area contributed by atoms with E-state index in [1.165, 1.54) is 0 Å². The average Bonchev–Trinajstić information content (AvgIpc) is 2.56. The maximum absolute atomic E-state index is 12.5. The van der Waals surface area contributed by atoms with Crippen LogP contribution in [-0.2, 0) is 9.53 Å². The van der Waals surface area contributed by atoms with Crippen molar-refractivity contribution in [3.05, 3.63) is 34.3 Å². The maximum atomic E-state index is 12.5. The van der Waals surface area contributed by atoms with Crippen molar-refractivity contribution in [1.82, 2.24) is 10.6 Å². The van der Waals surface area contributed by atoms with Gasteiger partial charge in [-0.2, -0.15) is 11.8 Å². The molecule has 0 bridgehead atoms. The lowest BCUT2D eigenvalue weighted by molar-refractivity contribution is -0.123. The van der Waals surface area contributed by atoms with Gasteiger partial charge in [0.2, 0.25) is 5.91 Å². The predicted molar refractivity (Wildman–Crippen MR) is 102 cm³/mol. The minimum absolute atomic E-state index is 0.00501. The van der Waals surface area contributed by atoms with Crippen LogP contribution in [-0.4, -0.2) is 49.6 Å². The molecule has 0 spiro atoms. The second-order valence-electron chi connectivity index (χ2n) is 5.48. The van der Waals surface area contributed by atoms with Crippen molar-refractivity contribution >= 4 is 39.5 Å². The predicted octanol–water partition coefficient (Wildman–Crippen LogP) is 2.84. The summed E-state index contributed by atoms with van der Waals surface area (Å²) >= 11 is 5.01. The Morgan fingerprint density at radius 3 is 2.58 bits per heavy atom. The summed E-state index contributed by atoms with van der Waals surface area (Å²) in [5.74, 6) is 0.377. The average molecular weight is 417 g/mol. The van der Waals surface area contributed by atoms with Crippen LogP contribution in [0.5, 0.6) is 0 Å². The molecule has 0 aliphatic carbocycles. The first-order valence-corrected chi connectivity index (χ1v) is 10.0. The number of methoxy groups -OCH3 is 1. The van der Waals surface area contributed by atoms with Crippen LogP contribution in [0.1, 0.15) is 30.1 Å². The molecule has 1 aromatic rings. The van der Waals surface area contributed by atoms with Crippen LogP contribution < -0.4 is 10.6 Å². The lowest BCUT2D eigenvalue weighted by atomic mass is 10.1. The molecule has 1 aromatic carbocycles. The molecule has 0 saturated carbocycles. The molecule has 0 aliphatic heterocycles. The van der Waals surface area contributed by atoms with Gasteiger partial charge >= 0.3 is 0 Å². The Morgan fingerprint density at radius 1 is 1.25 bits per heavy atom. The van der Waals surface area contributed by atoms with Crippen molar-refractivity contribution in [1.29, 1.82) is 0 Å². The molecule has 0 fully saturated rings. The Morgan fingerprint density at radius 2 is 1.96 bits per heavy atom. The molecule has 24 heavy (non-hydrogen) atoms. The zero-order valence-electron chi connectivity index (χ0n) is 14.3. The van der Waals surface area contributed by atoms with Crippen LogP contribution in [0.3, 0.4) is 0 Å². The number of rotatable bonds is 10. The third-order valence-electron chi connectivity index (χ3n) is 3.49. The molecule has 0 aliphatic rings. The molecule has 2 N–H and O–H groups in total. The standard InChI is InChI=1S/C17H25BrN2O3S/c1-12(8-10-23-2)19-17(22)15(9-11-24-3)20-16(21)13-6-4-5-7-14(13)18/h4-7,12,15H,8-11H2,1-3H3,(H,19,22)(H,20,21). The molecular formula is C17H25BrN2O3S. The SMILES string of the molecule is COCCC(C)NC(=O)C(CCSC)NC(=O)c1ccccc1Br. The summed E-state index contributed by atoms with van der Waals surface area (Å²) in [4.78, 5) is 24.9. The number of hydrogen-bond donors (Lipinski definition) is 2. The van der Waals surface area contributed by atoms with E-state index < -0.39 is 6.04 Å². The normalized spacial score (nSPS) is 13.2. The van der Waals surface area contributed by atoms with Crippen LogP contribution in [0.15, 0.2) is 28.7 Å². The highest BCUT2D eigenvalue weighted by molar-refractivity contribution is 9.10. The van der Waals surface area contributed by atoms with Gasteiger partial charge in [-0.3, -0.25) is 9.59 Å². The van der Waals surface area contributed by atoms with Gasteiger partial charge in [-0.15, -0.1) is 0 Å². The van der Waals surface area contributed by atoms with Crippen molar-refractivity contribution in [2.45, 2.75) is 31.8 Å². The summed E-state index contributed by atoms with van der Waals surface area (Å²) in [6.07, 6.45) is 3.29. The minimum Gasteiger partial charge on any atom is -0.385 e. The van der Waals surface area contributed by atoms with Crippen LogP contribution in [0, 0.1) is 0 Å². The van der Waals surface area contributed by atoms with Crippen molar-refractivity contribution in [3.8, 4) is 0 Å². The highest BCUT2D eigenvalue weighted by Crippen LogP contribution is 2.16. The van der Waals surface area contributed by atoms with E-state index in [-0.39, 0.29) is 17.9 Å². The monoisotopic (exact) mass is 416 g/mol. The first-order chi connectivity index (χ1) is 11.5. The number of amides is 2. The summed E-state index contributed by atoms with van der Waals surface area (Å²) < 4.78 is 5.73. The smallest absolute Gasteiger partial charge is 0.253 e. The Labute approximate surface area is 156 Å². The largest absolute Gasteiger partial charge is 0.385 e. The number of benzene rings is 1. The fourth-order valence-electron chi connectivity index (χ4n) is 2.10. The van der Waals surface area contributed by atoms with E-state index in [1.807, 2.05) is 19.2 Å². The van der Waals surface area contributed by atoms with Gasteiger partial charge in [-0.1, -0.05) is 12.1 Å². The van der Waals surface area contributed by atoms with Crippen molar-refractivity contribution < 1.29 is 14.3 Å². The minimum atomic E-state index is -0.554. The van der Waals surface area contributed by atoms with Gasteiger partial charge in [-0.05, 0) is 59.8 Å². The first kappa shape index (κ1) is 21.0. The Bertz CT molecular complexity index is 542. The van der Waals surface area contributed by atoms with Crippen LogP contribution in [0.4, 0.5) is 0 Å². The Kier molecular flexibility index (Phi) is 10.1. The third kappa shape index (κ3) is 7.23. The van der Waals surface area contributed by atoms with Gasteiger partial charge < -0.3 is 15.4 Å². The van der Waals surface area contributed by atoms with Crippen molar-refractivity contribution in [3.63, 3.8) is 0 Å². The van der Waals surface area contributed by atoms with Gasteiger partial charge in [-0.25, -0.2) is 0 Å². The highest BCUT2D eigenvalue weighted by atomic mass is 79.9. The van der Waals surface area contributed by atoms with Crippen LogP contribution in [0.25, 0.3) is 0 Å². The molecule has 7 heteroatoms. The van der Waals surface area contributed by atoms with Crippen LogP contribution >= 0.6 is 27.7 Å². The number of nitrogens with one attached hydrogen (secondary N) is 2. The highest BCUT2D eigenvalue weighted by Gasteiger charge is 2.23. The van der Waals surface area contributed by atoms with Gasteiger partial charge in [0.05, 0.1) is 5.56 Å². The van der Waals surface area contributed by atoms with E-state index in [2.05, 4.69) is 26.6 Å². The lowest BCUT2D eigenvalue weighted by Gasteiger charge is -2.21. The fourth-order valence-corrected chi connectivity index (χ4v) is 3.03. The third-order valence-corrected chi connectivity index (χ3v) is 4.83. The van der Waals surface area contributed by atoms with Gasteiger partial charge in [0, 0.05) is 24.2 Å². The zero-order valence-corrected chi connectivity index (χ0v) is 16.7. The Balaban J connectivity index is 2.72. The fraction of sp³-hybridized carbons (Fsp3) is 0.529. The number of carbonyl (C=O) groups is 2. The molecule has 2 unspecified atom stereocenters. The van der Waals surface area contributed by atoms with Crippen molar-refractivity contribution in [2.75, 3.05) is 25.7 Å². The number of thioether (sulfide) groups is 1. The number of hydrogen-bond acceptors (Lipinski definition) is 4. The second-order valence-corrected chi connectivity index (χ2v) is 7.32. The van der Waals surface area contributed by atoms with E-state index in [9.17, 15) is 9.59 Å². The molecule has 2 atom stereocenters. The molecular weight excluding hydrogens is 392 g/mol. The van der Waals surface area contributed by atoms with Gasteiger partial charge in [0.1, 0.15) is 6.04 Å². The number of carbonyl (C=O) groups excluding carboxylic acids is 2. The number of ether oxygens (including phenoxy) is 1.